The van der Waals surface area contributed by atoms with Crippen LogP contribution in [-0.4, -0.2) is 24.9 Å². The van der Waals surface area contributed by atoms with E-state index in [1.165, 1.54) is 19.1 Å². The van der Waals surface area contributed by atoms with Crippen LogP contribution >= 0.6 is 0 Å². The van der Waals surface area contributed by atoms with E-state index >= 15 is 0 Å². The Morgan fingerprint density at radius 2 is 1.76 bits per heavy atom. The van der Waals surface area contributed by atoms with Crippen molar-refractivity contribution >= 4 is 17.5 Å². The number of nitrogens with zero attached hydrogens (tertiary/aromatic N) is 1. The summed E-state index contributed by atoms with van der Waals surface area (Å²) in [7, 11) is 0. The van der Waals surface area contributed by atoms with Gasteiger partial charge in [-0.1, -0.05) is 24.3 Å². The molecule has 0 aliphatic rings. The molecule has 25 heavy (non-hydrogen) atoms. The number of rotatable bonds is 6. The second kappa shape index (κ2) is 8.42. The number of carbonyl (C=O) groups excluding carboxylic acids is 2. The van der Waals surface area contributed by atoms with Crippen molar-refractivity contribution in [3.8, 4) is 0 Å². The first-order valence-corrected chi connectivity index (χ1v) is 8.24. The minimum atomic E-state index is -0.324. The van der Waals surface area contributed by atoms with Crippen LogP contribution in [0.5, 0.6) is 0 Å². The summed E-state index contributed by atoms with van der Waals surface area (Å²) in [5, 5.41) is 2.81. The van der Waals surface area contributed by atoms with E-state index in [2.05, 4.69) is 5.32 Å². The van der Waals surface area contributed by atoms with Crippen molar-refractivity contribution in [1.82, 2.24) is 5.32 Å². The number of halogens is 1. The van der Waals surface area contributed by atoms with Crippen LogP contribution in [0.3, 0.4) is 0 Å². The number of amides is 2. The van der Waals surface area contributed by atoms with Crippen molar-refractivity contribution in [3.05, 3.63) is 65.0 Å². The summed E-state index contributed by atoms with van der Waals surface area (Å²) >= 11 is 0. The maximum atomic E-state index is 12.9. The highest BCUT2D eigenvalue weighted by molar-refractivity contribution is 5.92. The van der Waals surface area contributed by atoms with Gasteiger partial charge in [-0.15, -0.1) is 0 Å². The molecule has 0 fully saturated rings. The lowest BCUT2D eigenvalue weighted by atomic mass is 10.1. The minimum absolute atomic E-state index is 0.0681. The van der Waals surface area contributed by atoms with Crippen LogP contribution in [0.15, 0.2) is 42.5 Å². The molecule has 0 saturated carbocycles. The predicted molar refractivity (Wildman–Crippen MR) is 97.1 cm³/mol. The van der Waals surface area contributed by atoms with Gasteiger partial charge in [0.25, 0.3) is 0 Å². The summed E-state index contributed by atoms with van der Waals surface area (Å²) in [5.74, 6) is -0.549. The fraction of sp³-hybridized carbons (Fsp3) is 0.300. The van der Waals surface area contributed by atoms with Gasteiger partial charge in [0, 0.05) is 25.7 Å². The third-order valence-corrected chi connectivity index (χ3v) is 4.18. The monoisotopic (exact) mass is 342 g/mol. The summed E-state index contributed by atoms with van der Waals surface area (Å²) in [6, 6.07) is 11.7. The molecule has 0 bridgehead atoms. The largest absolute Gasteiger partial charge is 0.354 e. The Kier molecular flexibility index (Phi) is 6.28. The van der Waals surface area contributed by atoms with Crippen molar-refractivity contribution in [2.75, 3.05) is 18.0 Å². The predicted octanol–water partition coefficient (Wildman–Crippen LogP) is 3.15. The highest BCUT2D eigenvalue weighted by atomic mass is 19.1. The number of nitrogens with one attached hydrogen (secondary N) is 1. The number of hydrogen-bond acceptors (Lipinski definition) is 2. The third kappa shape index (κ3) is 5.14. The molecule has 0 heterocycles. The average molecular weight is 342 g/mol. The number of anilines is 1. The molecule has 0 spiro atoms. The average Bonchev–Trinajstić information content (AvgIpc) is 2.56. The topological polar surface area (TPSA) is 49.4 Å². The van der Waals surface area contributed by atoms with E-state index in [1.807, 2.05) is 32.0 Å². The quantitative estimate of drug-likeness (QED) is 0.877. The number of aryl methyl sites for hydroxylation is 1. The van der Waals surface area contributed by atoms with Crippen LogP contribution in [0.25, 0.3) is 0 Å². The number of hydrogen-bond donors (Lipinski definition) is 1. The van der Waals surface area contributed by atoms with E-state index in [0.29, 0.717) is 13.1 Å². The number of benzene rings is 2. The fourth-order valence-corrected chi connectivity index (χ4v) is 2.63. The van der Waals surface area contributed by atoms with Crippen molar-refractivity contribution in [2.45, 2.75) is 27.2 Å². The van der Waals surface area contributed by atoms with Crippen molar-refractivity contribution in [2.24, 2.45) is 0 Å². The van der Waals surface area contributed by atoms with E-state index in [0.717, 1.165) is 22.4 Å². The van der Waals surface area contributed by atoms with E-state index < -0.39 is 0 Å². The van der Waals surface area contributed by atoms with Gasteiger partial charge in [0.1, 0.15) is 5.82 Å². The molecule has 2 rings (SSSR count). The molecule has 132 valence electrons. The molecule has 0 radical (unpaired) electrons. The molecule has 0 aliphatic heterocycles. The smallest absolute Gasteiger partial charge is 0.224 e. The third-order valence-electron chi connectivity index (χ3n) is 4.18. The Morgan fingerprint density at radius 3 is 2.40 bits per heavy atom. The lowest BCUT2D eigenvalue weighted by Crippen LogP contribution is -2.38. The zero-order valence-electron chi connectivity index (χ0n) is 14.8. The molecule has 1 N–H and O–H groups in total. The van der Waals surface area contributed by atoms with Gasteiger partial charge < -0.3 is 10.2 Å². The summed E-state index contributed by atoms with van der Waals surface area (Å²) in [4.78, 5) is 25.6. The lowest BCUT2D eigenvalue weighted by molar-refractivity contribution is -0.121. The Bertz CT molecular complexity index is 757. The van der Waals surface area contributed by atoms with Crippen LogP contribution in [0.1, 0.15) is 23.6 Å². The van der Waals surface area contributed by atoms with E-state index in [-0.39, 0.29) is 24.1 Å². The van der Waals surface area contributed by atoms with E-state index in [4.69, 9.17) is 0 Å². The molecule has 0 saturated heterocycles. The highest BCUT2D eigenvalue weighted by Crippen LogP contribution is 2.22. The molecule has 0 aromatic heterocycles. The van der Waals surface area contributed by atoms with Crippen molar-refractivity contribution in [3.63, 3.8) is 0 Å². The molecule has 4 nitrogen and oxygen atoms in total. The van der Waals surface area contributed by atoms with Gasteiger partial charge in [0.05, 0.1) is 6.42 Å². The minimum Gasteiger partial charge on any atom is -0.354 e. The zero-order valence-corrected chi connectivity index (χ0v) is 14.8. The summed E-state index contributed by atoms with van der Waals surface area (Å²) < 4.78 is 12.9. The molecule has 0 aliphatic carbocycles. The molecule has 0 unspecified atom stereocenters. The Labute approximate surface area is 147 Å². The summed E-state index contributed by atoms with van der Waals surface area (Å²) in [5.41, 5.74) is 3.77. The van der Waals surface area contributed by atoms with Gasteiger partial charge in [0.15, 0.2) is 0 Å². The molecule has 2 aromatic rings. The first-order valence-electron chi connectivity index (χ1n) is 8.24. The second-order valence-electron chi connectivity index (χ2n) is 6.04. The Hall–Kier alpha value is -2.69. The Balaban J connectivity index is 1.93. The zero-order chi connectivity index (χ0) is 18.4. The maximum Gasteiger partial charge on any atom is 0.224 e. The van der Waals surface area contributed by atoms with Crippen LogP contribution in [0.2, 0.25) is 0 Å². The van der Waals surface area contributed by atoms with E-state index in [9.17, 15) is 14.0 Å². The molecular weight excluding hydrogens is 319 g/mol. The normalized spacial score (nSPS) is 10.4. The maximum absolute atomic E-state index is 12.9. The first-order chi connectivity index (χ1) is 11.9. The molecule has 2 amide bonds. The van der Waals surface area contributed by atoms with Gasteiger partial charge in [-0.05, 0) is 48.7 Å². The van der Waals surface area contributed by atoms with Crippen molar-refractivity contribution in [1.29, 1.82) is 0 Å². The summed E-state index contributed by atoms with van der Waals surface area (Å²) in [6.07, 6.45) is 0.184. The first kappa shape index (κ1) is 18.6. The van der Waals surface area contributed by atoms with Gasteiger partial charge in [-0.3, -0.25) is 9.59 Å². The van der Waals surface area contributed by atoms with Crippen LogP contribution in [-0.2, 0) is 16.0 Å². The van der Waals surface area contributed by atoms with Gasteiger partial charge in [-0.25, -0.2) is 4.39 Å². The van der Waals surface area contributed by atoms with Gasteiger partial charge >= 0.3 is 0 Å². The molecule has 0 atom stereocenters. The standard InChI is InChI=1S/C20H23FN2O2/c1-14-5-4-6-19(15(14)2)23(16(3)24)12-11-22-20(25)13-17-7-9-18(21)10-8-17/h4-10H,11-13H2,1-3H3,(H,22,25). The van der Waals surface area contributed by atoms with Crippen molar-refractivity contribution < 1.29 is 14.0 Å². The second-order valence-corrected chi connectivity index (χ2v) is 6.04. The van der Waals surface area contributed by atoms with Crippen LogP contribution < -0.4 is 10.2 Å². The van der Waals surface area contributed by atoms with Gasteiger partial charge in [0.2, 0.25) is 11.8 Å². The lowest BCUT2D eigenvalue weighted by Gasteiger charge is -2.24. The molecular formula is C20H23FN2O2. The molecule has 5 heteroatoms. The summed E-state index contributed by atoms with van der Waals surface area (Å²) in [6.45, 7) is 6.25. The SMILES string of the molecule is CC(=O)N(CCNC(=O)Cc1ccc(F)cc1)c1cccc(C)c1C. The Morgan fingerprint density at radius 1 is 1.08 bits per heavy atom. The number of carbonyl (C=O) groups is 2. The fourth-order valence-electron chi connectivity index (χ4n) is 2.63. The van der Waals surface area contributed by atoms with Crippen LogP contribution in [0.4, 0.5) is 10.1 Å². The molecule has 2 aromatic carbocycles. The van der Waals surface area contributed by atoms with E-state index in [1.54, 1.807) is 17.0 Å². The van der Waals surface area contributed by atoms with Gasteiger partial charge in [-0.2, -0.15) is 0 Å². The van der Waals surface area contributed by atoms with Crippen LogP contribution in [0, 0.1) is 19.7 Å². The highest BCUT2D eigenvalue weighted by Gasteiger charge is 2.14.